The second-order valence-electron chi connectivity index (χ2n) is 5.58. The summed E-state index contributed by atoms with van der Waals surface area (Å²) in [6.07, 6.45) is 0.295. The maximum absolute atomic E-state index is 12.2. The Hall–Kier alpha value is -1.06. The van der Waals surface area contributed by atoms with Gasteiger partial charge in [-0.25, -0.2) is 0 Å². The van der Waals surface area contributed by atoms with E-state index in [1.807, 2.05) is 0 Å². The summed E-state index contributed by atoms with van der Waals surface area (Å²) >= 11 is 11.9. The zero-order valence-corrected chi connectivity index (χ0v) is 12.4. The monoisotopic (exact) mass is 300 g/mol. The first-order valence-corrected chi connectivity index (χ1v) is 6.69. The van der Waals surface area contributed by atoms with Crippen LogP contribution < -0.4 is 0 Å². The second-order valence-corrected chi connectivity index (χ2v) is 6.42. The van der Waals surface area contributed by atoms with Gasteiger partial charge in [0.25, 0.3) is 0 Å². The number of ether oxygens (including phenoxy) is 1. The van der Waals surface area contributed by atoms with Crippen molar-refractivity contribution >= 4 is 35.0 Å². The van der Waals surface area contributed by atoms with Gasteiger partial charge in [-0.05, 0) is 44.9 Å². The predicted octanol–water partition coefficient (Wildman–Crippen LogP) is 3.69. The Balaban J connectivity index is 2.29. The molecule has 1 atom stereocenters. The molecule has 2 rings (SSSR count). The van der Waals surface area contributed by atoms with Crippen LogP contribution in [0.15, 0.2) is 12.1 Å². The largest absolute Gasteiger partial charge is 0.459 e. The number of hydrogen-bond acceptors (Lipinski definition) is 3. The molecule has 0 N–H and O–H groups in total. The Morgan fingerprint density at radius 1 is 1.32 bits per heavy atom. The van der Waals surface area contributed by atoms with Gasteiger partial charge >= 0.3 is 5.97 Å². The summed E-state index contributed by atoms with van der Waals surface area (Å²) in [5.41, 5.74) is 0.480. The van der Waals surface area contributed by atoms with Gasteiger partial charge in [-0.2, -0.15) is 0 Å². The lowest BCUT2D eigenvalue weighted by Crippen LogP contribution is -2.31. The van der Waals surface area contributed by atoms with Crippen LogP contribution in [0, 0.1) is 5.92 Å². The first-order valence-electron chi connectivity index (χ1n) is 5.94. The molecule has 0 heterocycles. The average molecular weight is 301 g/mol. The number of Topliss-reactive ketones (excluding diaryl/α,β-unsaturated/α-hetero) is 1. The number of hydrogen-bond donors (Lipinski definition) is 0. The van der Waals surface area contributed by atoms with E-state index in [-0.39, 0.29) is 5.78 Å². The third-order valence-corrected chi connectivity index (χ3v) is 3.33. The van der Waals surface area contributed by atoms with E-state index < -0.39 is 17.5 Å². The molecule has 19 heavy (non-hydrogen) atoms. The van der Waals surface area contributed by atoms with E-state index in [2.05, 4.69) is 0 Å². The molecule has 1 unspecified atom stereocenters. The molecular formula is C14H14Cl2O3. The van der Waals surface area contributed by atoms with Gasteiger partial charge in [-0.1, -0.05) is 23.2 Å². The van der Waals surface area contributed by atoms with Crippen LogP contribution >= 0.6 is 23.2 Å². The predicted molar refractivity (Wildman–Crippen MR) is 73.8 cm³/mol. The van der Waals surface area contributed by atoms with E-state index in [0.717, 1.165) is 0 Å². The van der Waals surface area contributed by atoms with Crippen LogP contribution in [0.25, 0.3) is 0 Å². The van der Waals surface area contributed by atoms with Crippen molar-refractivity contribution in [2.75, 3.05) is 0 Å². The van der Waals surface area contributed by atoms with E-state index in [1.165, 1.54) is 6.07 Å². The Labute approximate surface area is 121 Å². The number of halogens is 2. The minimum absolute atomic E-state index is 0.286. The molecule has 5 heteroatoms. The van der Waals surface area contributed by atoms with Gasteiger partial charge in [0.15, 0.2) is 5.78 Å². The summed E-state index contributed by atoms with van der Waals surface area (Å²) in [6.45, 7) is 5.30. The van der Waals surface area contributed by atoms with Crippen LogP contribution in [0.2, 0.25) is 10.0 Å². The van der Waals surface area contributed by atoms with E-state index in [1.54, 1.807) is 26.8 Å². The SMILES string of the molecule is CC(C)(C)OC(=O)C1Cc2cc(Cl)cc(Cl)c2C1=O. The lowest BCUT2D eigenvalue weighted by molar-refractivity contribution is -0.157. The summed E-state index contributed by atoms with van der Waals surface area (Å²) in [4.78, 5) is 24.2. The number of carbonyl (C=O) groups excluding carboxylic acids is 2. The van der Waals surface area contributed by atoms with Gasteiger partial charge in [0.1, 0.15) is 11.5 Å². The zero-order valence-electron chi connectivity index (χ0n) is 10.9. The Morgan fingerprint density at radius 2 is 1.95 bits per heavy atom. The molecule has 0 spiro atoms. The number of carbonyl (C=O) groups is 2. The van der Waals surface area contributed by atoms with Gasteiger partial charge < -0.3 is 4.74 Å². The quantitative estimate of drug-likeness (QED) is 0.587. The highest BCUT2D eigenvalue weighted by molar-refractivity contribution is 6.38. The zero-order chi connectivity index (χ0) is 14.4. The molecule has 1 aliphatic rings. The summed E-state index contributed by atoms with van der Waals surface area (Å²) in [5, 5.41) is 0.750. The molecular weight excluding hydrogens is 287 g/mol. The first-order chi connectivity index (χ1) is 8.69. The van der Waals surface area contributed by atoms with E-state index in [4.69, 9.17) is 27.9 Å². The molecule has 1 aromatic rings. The van der Waals surface area contributed by atoms with Crippen molar-refractivity contribution < 1.29 is 14.3 Å². The van der Waals surface area contributed by atoms with Gasteiger partial charge in [0, 0.05) is 10.6 Å². The number of fused-ring (bicyclic) bond motifs is 1. The maximum Gasteiger partial charge on any atom is 0.317 e. The van der Waals surface area contributed by atoms with Crippen molar-refractivity contribution in [1.82, 2.24) is 0 Å². The fourth-order valence-corrected chi connectivity index (χ4v) is 2.74. The van der Waals surface area contributed by atoms with Gasteiger partial charge in [-0.15, -0.1) is 0 Å². The van der Waals surface area contributed by atoms with Crippen molar-refractivity contribution in [2.24, 2.45) is 5.92 Å². The van der Waals surface area contributed by atoms with Crippen LogP contribution in [0.5, 0.6) is 0 Å². The van der Waals surface area contributed by atoms with Gasteiger partial charge in [0.2, 0.25) is 0 Å². The average Bonchev–Trinajstić information content (AvgIpc) is 2.53. The van der Waals surface area contributed by atoms with Crippen molar-refractivity contribution in [3.63, 3.8) is 0 Å². The second kappa shape index (κ2) is 4.80. The number of benzene rings is 1. The Morgan fingerprint density at radius 3 is 2.53 bits per heavy atom. The molecule has 0 amide bonds. The fraction of sp³-hybridized carbons (Fsp3) is 0.429. The van der Waals surface area contributed by atoms with E-state index >= 15 is 0 Å². The molecule has 0 fully saturated rings. The standard InChI is InChI=1S/C14H14Cl2O3/c1-14(2,3)19-13(18)9-5-7-4-8(15)6-10(16)11(7)12(9)17/h4,6,9H,5H2,1-3H3. The third kappa shape index (κ3) is 2.93. The fourth-order valence-electron chi connectivity index (χ4n) is 2.11. The number of ketones is 1. The highest BCUT2D eigenvalue weighted by Gasteiger charge is 2.39. The van der Waals surface area contributed by atoms with Crippen LogP contribution in [-0.4, -0.2) is 17.4 Å². The molecule has 0 bridgehead atoms. The molecule has 0 radical (unpaired) electrons. The van der Waals surface area contributed by atoms with E-state index in [9.17, 15) is 9.59 Å². The summed E-state index contributed by atoms with van der Waals surface area (Å²) in [5.74, 6) is -1.61. The minimum Gasteiger partial charge on any atom is -0.459 e. The molecule has 102 valence electrons. The number of esters is 1. The molecule has 1 aromatic carbocycles. The van der Waals surface area contributed by atoms with Gasteiger partial charge in [0.05, 0.1) is 5.02 Å². The van der Waals surface area contributed by atoms with Crippen LogP contribution in [0.4, 0.5) is 0 Å². The molecule has 0 aliphatic heterocycles. The first kappa shape index (κ1) is 14.4. The molecule has 1 aliphatic carbocycles. The van der Waals surface area contributed by atoms with Gasteiger partial charge in [-0.3, -0.25) is 9.59 Å². The minimum atomic E-state index is -0.815. The number of rotatable bonds is 1. The normalized spacial score (nSPS) is 18.4. The van der Waals surface area contributed by atoms with Crippen LogP contribution in [-0.2, 0) is 16.0 Å². The Kier molecular flexibility index (Phi) is 3.63. The molecule has 3 nitrogen and oxygen atoms in total. The molecule has 0 saturated carbocycles. The lowest BCUT2D eigenvalue weighted by atomic mass is 10.1. The summed E-state index contributed by atoms with van der Waals surface area (Å²) < 4.78 is 5.26. The van der Waals surface area contributed by atoms with Crippen LogP contribution in [0.3, 0.4) is 0 Å². The maximum atomic E-state index is 12.2. The van der Waals surface area contributed by atoms with Crippen molar-refractivity contribution in [1.29, 1.82) is 0 Å². The molecule has 0 aromatic heterocycles. The van der Waals surface area contributed by atoms with Crippen molar-refractivity contribution in [2.45, 2.75) is 32.8 Å². The van der Waals surface area contributed by atoms with E-state index in [0.29, 0.717) is 27.6 Å². The topological polar surface area (TPSA) is 43.4 Å². The highest BCUT2D eigenvalue weighted by atomic mass is 35.5. The third-order valence-electron chi connectivity index (χ3n) is 2.81. The highest BCUT2D eigenvalue weighted by Crippen LogP contribution is 2.35. The van der Waals surface area contributed by atoms with Crippen molar-refractivity contribution in [3.8, 4) is 0 Å². The molecule has 0 saturated heterocycles. The van der Waals surface area contributed by atoms with Crippen molar-refractivity contribution in [3.05, 3.63) is 33.3 Å². The lowest BCUT2D eigenvalue weighted by Gasteiger charge is -2.21. The van der Waals surface area contributed by atoms with Crippen LogP contribution in [0.1, 0.15) is 36.7 Å². The Bertz CT molecular complexity index is 559. The summed E-state index contributed by atoms with van der Waals surface area (Å²) in [6, 6.07) is 3.18. The smallest absolute Gasteiger partial charge is 0.317 e. The summed E-state index contributed by atoms with van der Waals surface area (Å²) in [7, 11) is 0.